The van der Waals surface area contributed by atoms with Gasteiger partial charge in [-0.1, -0.05) is 29.3 Å². The summed E-state index contributed by atoms with van der Waals surface area (Å²) < 4.78 is 0. The average Bonchev–Trinajstić information content (AvgIpc) is 2.32. The number of aliphatic hydroxyl groups is 1. The number of aliphatic hydroxyl groups excluding tert-OH is 1. The summed E-state index contributed by atoms with van der Waals surface area (Å²) in [5.41, 5.74) is 7.42. The number of aromatic nitrogens is 1. The lowest BCUT2D eigenvalue weighted by Gasteiger charge is -2.13. The van der Waals surface area contributed by atoms with Gasteiger partial charge in [0.25, 0.3) is 0 Å². The van der Waals surface area contributed by atoms with Crippen LogP contribution in [0.1, 0.15) is 17.2 Å². The zero-order chi connectivity index (χ0) is 12.4. The van der Waals surface area contributed by atoms with Crippen LogP contribution >= 0.6 is 23.2 Å². The first-order chi connectivity index (χ1) is 8.09. The molecule has 5 heteroatoms. The molecule has 0 spiro atoms. The summed E-state index contributed by atoms with van der Waals surface area (Å²) in [6.07, 6.45) is 2.24. The zero-order valence-corrected chi connectivity index (χ0v) is 10.3. The molecule has 2 aromatic rings. The summed E-state index contributed by atoms with van der Waals surface area (Å²) >= 11 is 11.7. The number of anilines is 1. The van der Waals surface area contributed by atoms with Crippen LogP contribution in [0.2, 0.25) is 10.0 Å². The van der Waals surface area contributed by atoms with Crippen molar-refractivity contribution in [3.8, 4) is 0 Å². The van der Waals surface area contributed by atoms with Crippen LogP contribution in [-0.2, 0) is 0 Å². The van der Waals surface area contributed by atoms with E-state index in [4.69, 9.17) is 28.9 Å². The van der Waals surface area contributed by atoms with E-state index in [9.17, 15) is 5.11 Å². The van der Waals surface area contributed by atoms with Gasteiger partial charge in [0.2, 0.25) is 0 Å². The molecular weight excluding hydrogens is 259 g/mol. The van der Waals surface area contributed by atoms with Crippen molar-refractivity contribution < 1.29 is 5.11 Å². The van der Waals surface area contributed by atoms with Gasteiger partial charge in [-0.3, -0.25) is 4.98 Å². The van der Waals surface area contributed by atoms with E-state index >= 15 is 0 Å². The van der Waals surface area contributed by atoms with Gasteiger partial charge < -0.3 is 10.8 Å². The smallest absolute Gasteiger partial charge is 0.108 e. The van der Waals surface area contributed by atoms with E-state index in [-0.39, 0.29) is 0 Å². The van der Waals surface area contributed by atoms with Gasteiger partial charge in [-0.15, -0.1) is 0 Å². The molecule has 1 aromatic carbocycles. The van der Waals surface area contributed by atoms with Gasteiger partial charge in [0.1, 0.15) is 6.10 Å². The normalized spacial score (nSPS) is 12.4. The molecule has 1 heterocycles. The molecule has 17 heavy (non-hydrogen) atoms. The Kier molecular flexibility index (Phi) is 3.52. The van der Waals surface area contributed by atoms with Crippen molar-refractivity contribution in [3.63, 3.8) is 0 Å². The molecule has 0 bridgehead atoms. The molecule has 88 valence electrons. The van der Waals surface area contributed by atoms with E-state index in [2.05, 4.69) is 4.98 Å². The van der Waals surface area contributed by atoms with Crippen LogP contribution in [0.15, 0.2) is 36.7 Å². The summed E-state index contributed by atoms with van der Waals surface area (Å²) in [4.78, 5) is 3.93. The molecule has 0 fully saturated rings. The molecule has 1 atom stereocenters. The van der Waals surface area contributed by atoms with Gasteiger partial charge in [0, 0.05) is 23.6 Å². The molecule has 0 aliphatic carbocycles. The standard InChI is InChI=1S/C12H10Cl2N2O/c13-9-2-1-7(5-10(9)14)12(17)8-6-16-4-3-11(8)15/h1-6,12,17H,(H2,15,16). The Morgan fingerprint density at radius 2 is 1.94 bits per heavy atom. The van der Waals surface area contributed by atoms with E-state index in [0.29, 0.717) is 26.9 Å². The summed E-state index contributed by atoms with van der Waals surface area (Å²) in [7, 11) is 0. The van der Waals surface area contributed by atoms with E-state index < -0.39 is 6.10 Å². The lowest BCUT2D eigenvalue weighted by Crippen LogP contribution is -2.04. The van der Waals surface area contributed by atoms with Crippen LogP contribution in [0.5, 0.6) is 0 Å². The van der Waals surface area contributed by atoms with Gasteiger partial charge in [0.15, 0.2) is 0 Å². The Morgan fingerprint density at radius 1 is 1.18 bits per heavy atom. The number of nitrogens with two attached hydrogens (primary N) is 1. The second kappa shape index (κ2) is 4.92. The zero-order valence-electron chi connectivity index (χ0n) is 8.77. The number of hydrogen-bond donors (Lipinski definition) is 2. The highest BCUT2D eigenvalue weighted by molar-refractivity contribution is 6.42. The van der Waals surface area contributed by atoms with Crippen molar-refractivity contribution in [1.29, 1.82) is 0 Å². The van der Waals surface area contributed by atoms with Gasteiger partial charge in [0.05, 0.1) is 10.0 Å². The van der Waals surface area contributed by atoms with E-state index in [0.717, 1.165) is 0 Å². The average molecular weight is 269 g/mol. The predicted molar refractivity (Wildman–Crippen MR) is 69.2 cm³/mol. The number of pyridine rings is 1. The molecule has 1 aromatic heterocycles. The topological polar surface area (TPSA) is 59.1 Å². The number of halogens is 2. The number of nitrogens with zero attached hydrogens (tertiary/aromatic N) is 1. The molecule has 0 aliphatic rings. The highest BCUT2D eigenvalue weighted by atomic mass is 35.5. The summed E-state index contributed by atoms with van der Waals surface area (Å²) in [6.45, 7) is 0. The van der Waals surface area contributed by atoms with Crippen molar-refractivity contribution in [2.45, 2.75) is 6.10 Å². The van der Waals surface area contributed by atoms with Crippen molar-refractivity contribution in [3.05, 3.63) is 57.8 Å². The summed E-state index contributed by atoms with van der Waals surface area (Å²) in [5.74, 6) is 0. The van der Waals surface area contributed by atoms with Crippen molar-refractivity contribution in [1.82, 2.24) is 4.98 Å². The lowest BCUT2D eigenvalue weighted by atomic mass is 10.0. The first-order valence-corrected chi connectivity index (χ1v) is 5.67. The maximum Gasteiger partial charge on any atom is 0.108 e. The summed E-state index contributed by atoms with van der Waals surface area (Å²) in [6, 6.07) is 6.58. The number of benzene rings is 1. The van der Waals surface area contributed by atoms with Crippen LogP contribution in [0.25, 0.3) is 0 Å². The lowest BCUT2D eigenvalue weighted by molar-refractivity contribution is 0.220. The Labute approximate surface area is 109 Å². The third-order valence-electron chi connectivity index (χ3n) is 2.44. The fourth-order valence-electron chi connectivity index (χ4n) is 1.51. The maximum atomic E-state index is 10.2. The van der Waals surface area contributed by atoms with Gasteiger partial charge in [-0.25, -0.2) is 0 Å². The van der Waals surface area contributed by atoms with Crippen LogP contribution < -0.4 is 5.73 Å². The number of hydrogen-bond acceptors (Lipinski definition) is 3. The van der Waals surface area contributed by atoms with Crippen LogP contribution in [-0.4, -0.2) is 10.1 Å². The van der Waals surface area contributed by atoms with Crippen LogP contribution in [0.3, 0.4) is 0 Å². The van der Waals surface area contributed by atoms with E-state index in [1.165, 1.54) is 6.20 Å². The molecule has 3 nitrogen and oxygen atoms in total. The van der Waals surface area contributed by atoms with Gasteiger partial charge in [-0.2, -0.15) is 0 Å². The number of nitrogen functional groups attached to an aromatic ring is 1. The second-order valence-corrected chi connectivity index (χ2v) is 4.40. The minimum atomic E-state index is -0.863. The summed E-state index contributed by atoms with van der Waals surface area (Å²) in [5, 5.41) is 11.0. The molecule has 3 N–H and O–H groups in total. The molecule has 0 amide bonds. The second-order valence-electron chi connectivity index (χ2n) is 3.58. The van der Waals surface area contributed by atoms with Crippen molar-refractivity contribution in [2.75, 3.05) is 5.73 Å². The Balaban J connectivity index is 2.40. The molecule has 0 radical (unpaired) electrons. The first kappa shape index (κ1) is 12.2. The maximum absolute atomic E-state index is 10.2. The Bertz CT molecular complexity index is 546. The predicted octanol–water partition coefficient (Wildman–Crippen LogP) is 3.05. The highest BCUT2D eigenvalue weighted by Crippen LogP contribution is 2.30. The fraction of sp³-hybridized carbons (Fsp3) is 0.0833. The van der Waals surface area contributed by atoms with Crippen molar-refractivity contribution in [2.24, 2.45) is 0 Å². The van der Waals surface area contributed by atoms with E-state index in [1.807, 2.05) is 0 Å². The third kappa shape index (κ3) is 2.52. The molecular formula is C12H10Cl2N2O. The van der Waals surface area contributed by atoms with E-state index in [1.54, 1.807) is 30.5 Å². The minimum absolute atomic E-state index is 0.394. The Morgan fingerprint density at radius 3 is 2.59 bits per heavy atom. The van der Waals surface area contributed by atoms with Crippen LogP contribution in [0.4, 0.5) is 5.69 Å². The SMILES string of the molecule is Nc1ccncc1C(O)c1ccc(Cl)c(Cl)c1. The molecule has 0 saturated heterocycles. The van der Waals surface area contributed by atoms with Gasteiger partial charge >= 0.3 is 0 Å². The quantitative estimate of drug-likeness (QED) is 0.880. The Hall–Kier alpha value is -1.29. The molecule has 0 saturated carbocycles. The highest BCUT2D eigenvalue weighted by Gasteiger charge is 2.14. The van der Waals surface area contributed by atoms with Crippen LogP contribution in [0, 0.1) is 0 Å². The molecule has 2 rings (SSSR count). The third-order valence-corrected chi connectivity index (χ3v) is 3.18. The largest absolute Gasteiger partial charge is 0.398 e. The minimum Gasteiger partial charge on any atom is -0.398 e. The van der Waals surface area contributed by atoms with Gasteiger partial charge in [-0.05, 0) is 23.8 Å². The monoisotopic (exact) mass is 268 g/mol. The first-order valence-electron chi connectivity index (χ1n) is 4.92. The van der Waals surface area contributed by atoms with Crippen molar-refractivity contribution >= 4 is 28.9 Å². The molecule has 1 unspecified atom stereocenters. The fourth-order valence-corrected chi connectivity index (χ4v) is 1.81. The number of rotatable bonds is 2. The molecule has 0 aliphatic heterocycles.